The fourth-order valence-electron chi connectivity index (χ4n) is 2.00. The Bertz CT molecular complexity index is 351. The van der Waals surface area contributed by atoms with E-state index in [1.165, 1.54) is 0 Å². The van der Waals surface area contributed by atoms with Crippen LogP contribution in [0.1, 0.15) is 32.6 Å². The lowest BCUT2D eigenvalue weighted by atomic mass is 10.0. The molecule has 0 amide bonds. The summed E-state index contributed by atoms with van der Waals surface area (Å²) < 4.78 is 25.3. The molecule has 2 fully saturated rings. The average Bonchev–Trinajstić information content (AvgIpc) is 2.98. The van der Waals surface area contributed by atoms with Crippen molar-refractivity contribution in [3.8, 4) is 0 Å². The van der Waals surface area contributed by atoms with Gasteiger partial charge >= 0.3 is 0 Å². The third kappa shape index (κ3) is 1.83. The van der Waals surface area contributed by atoms with E-state index >= 15 is 0 Å². The molecule has 0 spiro atoms. The number of carbonyl (C=O) groups excluding carboxylic acids is 1. The van der Waals surface area contributed by atoms with E-state index in [4.69, 9.17) is 0 Å². The zero-order valence-corrected chi connectivity index (χ0v) is 9.79. The largest absolute Gasteiger partial charge is 0.303 e. The van der Waals surface area contributed by atoms with Crippen molar-refractivity contribution in [2.24, 2.45) is 5.92 Å². The first-order valence-electron chi connectivity index (χ1n) is 5.45. The van der Waals surface area contributed by atoms with E-state index in [2.05, 4.69) is 0 Å². The Hall–Kier alpha value is -0.420. The summed E-state index contributed by atoms with van der Waals surface area (Å²) in [7, 11) is -3.10. The van der Waals surface area contributed by atoms with Crippen LogP contribution >= 0.6 is 0 Å². The topological polar surface area (TPSA) is 54.5 Å². The molecule has 0 radical (unpaired) electrons. The van der Waals surface area contributed by atoms with Gasteiger partial charge in [-0.05, 0) is 32.6 Å². The SMILES string of the molecule is CC1(S(=O)(=O)N2CCC(C=O)CC2)CC1. The Balaban J connectivity index is 2.04. The molecule has 1 saturated carbocycles. The van der Waals surface area contributed by atoms with Gasteiger partial charge in [0.2, 0.25) is 10.0 Å². The number of sulfonamides is 1. The van der Waals surface area contributed by atoms with Crippen molar-refractivity contribution in [2.75, 3.05) is 13.1 Å². The van der Waals surface area contributed by atoms with E-state index in [9.17, 15) is 13.2 Å². The Morgan fingerprint density at radius 1 is 1.27 bits per heavy atom. The van der Waals surface area contributed by atoms with Crippen molar-refractivity contribution in [3.63, 3.8) is 0 Å². The van der Waals surface area contributed by atoms with E-state index in [1.54, 1.807) is 4.31 Å². The van der Waals surface area contributed by atoms with E-state index in [-0.39, 0.29) is 5.92 Å². The van der Waals surface area contributed by atoms with Gasteiger partial charge in [0.1, 0.15) is 6.29 Å². The van der Waals surface area contributed by atoms with Crippen molar-refractivity contribution in [2.45, 2.75) is 37.4 Å². The first-order chi connectivity index (χ1) is 6.99. The summed E-state index contributed by atoms with van der Waals surface area (Å²) >= 11 is 0. The first-order valence-corrected chi connectivity index (χ1v) is 6.89. The van der Waals surface area contributed by atoms with Crippen LogP contribution in [0.4, 0.5) is 0 Å². The lowest BCUT2D eigenvalue weighted by Gasteiger charge is -2.31. The smallest absolute Gasteiger partial charge is 0.219 e. The molecule has 0 atom stereocenters. The van der Waals surface area contributed by atoms with Crippen LogP contribution < -0.4 is 0 Å². The van der Waals surface area contributed by atoms with Gasteiger partial charge in [0, 0.05) is 19.0 Å². The average molecular weight is 231 g/mol. The second-order valence-corrected chi connectivity index (χ2v) is 7.28. The molecule has 0 aromatic rings. The Kier molecular flexibility index (Phi) is 2.63. The number of rotatable bonds is 3. The van der Waals surface area contributed by atoms with Gasteiger partial charge in [-0.1, -0.05) is 0 Å². The summed E-state index contributed by atoms with van der Waals surface area (Å²) in [6.45, 7) is 2.84. The molecule has 0 N–H and O–H groups in total. The molecule has 1 aliphatic heterocycles. The lowest BCUT2D eigenvalue weighted by Crippen LogP contribution is -2.43. The number of aldehydes is 1. The highest BCUT2D eigenvalue weighted by Crippen LogP contribution is 2.45. The predicted octanol–water partition coefficient (Wildman–Crippen LogP) is 0.780. The molecule has 0 unspecified atom stereocenters. The van der Waals surface area contributed by atoms with Crippen molar-refractivity contribution < 1.29 is 13.2 Å². The Morgan fingerprint density at radius 3 is 2.20 bits per heavy atom. The predicted molar refractivity (Wildman–Crippen MR) is 56.9 cm³/mol. The summed E-state index contributed by atoms with van der Waals surface area (Å²) in [4.78, 5) is 10.6. The third-order valence-electron chi connectivity index (χ3n) is 3.61. The monoisotopic (exact) mass is 231 g/mol. The highest BCUT2D eigenvalue weighted by atomic mass is 32.2. The second-order valence-electron chi connectivity index (χ2n) is 4.83. The summed E-state index contributed by atoms with van der Waals surface area (Å²) in [5, 5.41) is 0. The summed E-state index contributed by atoms with van der Waals surface area (Å²) in [5.74, 6) is 0.0588. The highest BCUT2D eigenvalue weighted by molar-refractivity contribution is 7.90. The van der Waals surface area contributed by atoms with Gasteiger partial charge < -0.3 is 4.79 Å². The quantitative estimate of drug-likeness (QED) is 0.674. The van der Waals surface area contributed by atoms with Crippen LogP contribution in [0.5, 0.6) is 0 Å². The summed E-state index contributed by atoms with van der Waals surface area (Å²) in [5.41, 5.74) is 0. The summed E-state index contributed by atoms with van der Waals surface area (Å²) in [6.07, 6.45) is 3.87. The molecule has 0 aromatic carbocycles. The van der Waals surface area contributed by atoms with Crippen LogP contribution in [0.3, 0.4) is 0 Å². The number of nitrogens with zero attached hydrogens (tertiary/aromatic N) is 1. The molecule has 5 heteroatoms. The standard InChI is InChI=1S/C10H17NO3S/c1-10(4-5-10)15(13,14)11-6-2-9(8-12)3-7-11/h8-9H,2-7H2,1H3. The van der Waals surface area contributed by atoms with Crippen LogP contribution in [0.2, 0.25) is 0 Å². The zero-order chi connectivity index (χ0) is 11.1. The van der Waals surface area contributed by atoms with Crippen molar-refractivity contribution in [1.29, 1.82) is 0 Å². The maximum Gasteiger partial charge on any atom is 0.219 e. The maximum absolute atomic E-state index is 12.1. The normalized spacial score (nSPS) is 27.5. The number of hydrogen-bond donors (Lipinski definition) is 0. The lowest BCUT2D eigenvalue weighted by molar-refractivity contribution is -0.112. The van der Waals surface area contributed by atoms with Gasteiger partial charge in [-0.3, -0.25) is 0 Å². The molecule has 86 valence electrons. The van der Waals surface area contributed by atoms with Crippen LogP contribution in [-0.2, 0) is 14.8 Å². The van der Waals surface area contributed by atoms with Gasteiger partial charge in [0.15, 0.2) is 0 Å². The van der Waals surface area contributed by atoms with Gasteiger partial charge in [-0.15, -0.1) is 0 Å². The molecule has 2 rings (SSSR count). The second kappa shape index (κ2) is 3.56. The van der Waals surface area contributed by atoms with E-state index in [1.807, 2.05) is 6.92 Å². The van der Waals surface area contributed by atoms with Gasteiger partial charge in [-0.25, -0.2) is 12.7 Å². The molecule has 2 aliphatic rings. The number of carbonyl (C=O) groups is 1. The van der Waals surface area contributed by atoms with E-state index in [0.717, 1.165) is 19.1 Å². The third-order valence-corrected chi connectivity index (χ3v) is 6.31. The minimum atomic E-state index is -3.10. The molecule has 4 nitrogen and oxygen atoms in total. The molecular formula is C10H17NO3S. The molecule has 1 saturated heterocycles. The molecule has 1 aliphatic carbocycles. The highest BCUT2D eigenvalue weighted by Gasteiger charge is 2.52. The maximum atomic E-state index is 12.1. The van der Waals surface area contributed by atoms with Crippen LogP contribution in [0.25, 0.3) is 0 Å². The molecule has 0 bridgehead atoms. The first kappa shape index (κ1) is 11.1. The minimum absolute atomic E-state index is 0.0588. The minimum Gasteiger partial charge on any atom is -0.303 e. The Labute approximate surface area is 90.7 Å². The summed E-state index contributed by atoms with van der Waals surface area (Å²) in [6, 6.07) is 0. The van der Waals surface area contributed by atoms with E-state index in [0.29, 0.717) is 25.9 Å². The van der Waals surface area contributed by atoms with Crippen molar-refractivity contribution in [1.82, 2.24) is 4.31 Å². The number of hydrogen-bond acceptors (Lipinski definition) is 3. The van der Waals surface area contributed by atoms with Crippen LogP contribution in [0.15, 0.2) is 0 Å². The van der Waals surface area contributed by atoms with Crippen LogP contribution in [0, 0.1) is 5.92 Å². The van der Waals surface area contributed by atoms with Gasteiger partial charge in [0.25, 0.3) is 0 Å². The van der Waals surface area contributed by atoms with E-state index < -0.39 is 14.8 Å². The molecule has 0 aromatic heterocycles. The fourth-order valence-corrected chi connectivity index (χ4v) is 3.93. The fraction of sp³-hybridized carbons (Fsp3) is 0.900. The molecular weight excluding hydrogens is 214 g/mol. The van der Waals surface area contributed by atoms with Gasteiger partial charge in [0.05, 0.1) is 4.75 Å². The van der Waals surface area contributed by atoms with Crippen LogP contribution in [-0.4, -0.2) is 36.8 Å². The molecule has 1 heterocycles. The molecule has 15 heavy (non-hydrogen) atoms. The number of piperidine rings is 1. The van der Waals surface area contributed by atoms with Gasteiger partial charge in [-0.2, -0.15) is 0 Å². The van der Waals surface area contributed by atoms with Crippen molar-refractivity contribution in [3.05, 3.63) is 0 Å². The van der Waals surface area contributed by atoms with Crippen molar-refractivity contribution >= 4 is 16.3 Å². The zero-order valence-electron chi connectivity index (χ0n) is 8.98. The Morgan fingerprint density at radius 2 is 1.80 bits per heavy atom.